The number of hydrogen-bond donors (Lipinski definition) is 1. The lowest BCUT2D eigenvalue weighted by molar-refractivity contribution is -0.390. The molecule has 1 N–H and O–H groups in total. The Kier molecular flexibility index (Phi) is 4.46. The van der Waals surface area contributed by atoms with E-state index in [2.05, 4.69) is 15.3 Å². The molecular formula is C16H15N5O3. The largest absolute Gasteiger partial charge is 0.389 e. The van der Waals surface area contributed by atoms with Gasteiger partial charge in [-0.05, 0) is 34.0 Å². The van der Waals surface area contributed by atoms with Gasteiger partial charge in [0.2, 0.25) is 0 Å². The lowest BCUT2D eigenvalue weighted by Gasteiger charge is -2.26. The van der Waals surface area contributed by atoms with Crippen molar-refractivity contribution in [3.8, 4) is 0 Å². The number of carbonyl (C=O) groups is 1. The van der Waals surface area contributed by atoms with Crippen LogP contribution in [0.4, 0.5) is 16.3 Å². The van der Waals surface area contributed by atoms with Crippen molar-refractivity contribution in [2.24, 2.45) is 0 Å². The highest BCUT2D eigenvalue weighted by molar-refractivity contribution is 5.90. The van der Waals surface area contributed by atoms with Gasteiger partial charge in [-0.1, -0.05) is 24.3 Å². The topological polar surface area (TPSA) is 101 Å². The molecule has 8 heteroatoms. The van der Waals surface area contributed by atoms with Crippen LogP contribution in [0.15, 0.2) is 48.8 Å². The number of hydrogen-bond acceptors (Lipinski definition) is 5. The molecule has 0 spiro atoms. The van der Waals surface area contributed by atoms with Crippen molar-refractivity contribution >= 4 is 23.1 Å². The van der Waals surface area contributed by atoms with Crippen LogP contribution in [0.1, 0.15) is 12.1 Å². The second-order valence-corrected chi connectivity index (χ2v) is 5.21. The molecule has 1 aromatic heterocycles. The molecule has 122 valence electrons. The van der Waals surface area contributed by atoms with Gasteiger partial charge in [-0.25, -0.2) is 9.78 Å². The summed E-state index contributed by atoms with van der Waals surface area (Å²) in [6.07, 6.45) is 5.00. The molecular weight excluding hydrogens is 310 g/mol. The number of rotatable bonds is 3. The van der Waals surface area contributed by atoms with Gasteiger partial charge in [0.25, 0.3) is 0 Å². The number of nitro groups is 1. The lowest BCUT2D eigenvalue weighted by Crippen LogP contribution is -2.38. The quantitative estimate of drug-likeness (QED) is 0.690. The first-order valence-electron chi connectivity index (χ1n) is 7.41. The summed E-state index contributed by atoms with van der Waals surface area (Å²) in [5, 5.41) is 13.9. The highest BCUT2D eigenvalue weighted by Gasteiger charge is 2.24. The van der Waals surface area contributed by atoms with Crippen LogP contribution in [0.25, 0.3) is 5.57 Å². The lowest BCUT2D eigenvalue weighted by atomic mass is 10.0. The molecule has 2 aromatic rings. The number of urea groups is 1. The number of para-hydroxylation sites is 1. The minimum Gasteiger partial charge on any atom is -0.358 e. The summed E-state index contributed by atoms with van der Waals surface area (Å²) in [7, 11) is 0. The molecule has 1 aliphatic heterocycles. The average molecular weight is 325 g/mol. The van der Waals surface area contributed by atoms with Gasteiger partial charge < -0.3 is 20.3 Å². The first-order valence-corrected chi connectivity index (χ1v) is 7.41. The van der Waals surface area contributed by atoms with Crippen molar-refractivity contribution in [3.05, 3.63) is 64.6 Å². The first kappa shape index (κ1) is 15.6. The fraction of sp³-hybridized carbons (Fsp3) is 0.188. The zero-order chi connectivity index (χ0) is 16.9. The van der Waals surface area contributed by atoms with Crippen molar-refractivity contribution in [2.45, 2.75) is 6.42 Å². The Labute approximate surface area is 138 Å². The van der Waals surface area contributed by atoms with Crippen LogP contribution in [0.5, 0.6) is 0 Å². The van der Waals surface area contributed by atoms with E-state index in [9.17, 15) is 14.9 Å². The number of nitrogens with one attached hydrogen (secondary N) is 1. The van der Waals surface area contributed by atoms with Gasteiger partial charge in [-0.3, -0.25) is 0 Å². The van der Waals surface area contributed by atoms with E-state index < -0.39 is 4.92 Å². The van der Waals surface area contributed by atoms with E-state index in [4.69, 9.17) is 0 Å². The molecule has 0 aliphatic carbocycles. The third-order valence-electron chi connectivity index (χ3n) is 3.68. The summed E-state index contributed by atoms with van der Waals surface area (Å²) >= 11 is 0. The smallest absolute Gasteiger partial charge is 0.358 e. The molecule has 0 saturated heterocycles. The summed E-state index contributed by atoms with van der Waals surface area (Å²) < 4.78 is 0. The van der Waals surface area contributed by atoms with Gasteiger partial charge in [-0.2, -0.15) is 0 Å². The molecule has 0 bridgehead atoms. The fourth-order valence-electron chi connectivity index (χ4n) is 2.48. The summed E-state index contributed by atoms with van der Waals surface area (Å²) in [5.74, 6) is -0.258. The van der Waals surface area contributed by atoms with Gasteiger partial charge in [0.05, 0.1) is 6.20 Å². The fourth-order valence-corrected chi connectivity index (χ4v) is 2.48. The molecule has 8 nitrogen and oxygen atoms in total. The van der Waals surface area contributed by atoms with E-state index in [0.717, 1.165) is 11.3 Å². The van der Waals surface area contributed by atoms with E-state index in [1.54, 1.807) is 11.0 Å². The van der Waals surface area contributed by atoms with Gasteiger partial charge in [0, 0.05) is 18.8 Å². The molecule has 0 fully saturated rings. The van der Waals surface area contributed by atoms with E-state index >= 15 is 0 Å². The van der Waals surface area contributed by atoms with Crippen molar-refractivity contribution in [1.29, 1.82) is 0 Å². The maximum absolute atomic E-state index is 12.2. The van der Waals surface area contributed by atoms with Crippen LogP contribution >= 0.6 is 0 Å². The highest BCUT2D eigenvalue weighted by Crippen LogP contribution is 2.26. The Morgan fingerprint density at radius 3 is 2.62 bits per heavy atom. The normalized spacial score (nSPS) is 14.0. The van der Waals surface area contributed by atoms with Crippen molar-refractivity contribution in [2.75, 3.05) is 18.4 Å². The van der Waals surface area contributed by atoms with Crippen LogP contribution in [-0.2, 0) is 0 Å². The van der Waals surface area contributed by atoms with Crippen LogP contribution in [0.2, 0.25) is 0 Å². The van der Waals surface area contributed by atoms with Gasteiger partial charge in [0.1, 0.15) is 0 Å². The van der Waals surface area contributed by atoms with Gasteiger partial charge in [0.15, 0.2) is 11.9 Å². The molecule has 0 radical (unpaired) electrons. The van der Waals surface area contributed by atoms with Crippen molar-refractivity contribution < 1.29 is 9.72 Å². The molecule has 0 saturated carbocycles. The van der Waals surface area contributed by atoms with E-state index in [1.165, 1.54) is 12.4 Å². The minimum absolute atomic E-state index is 0.204. The second kappa shape index (κ2) is 6.86. The molecule has 0 unspecified atom stereocenters. The maximum atomic E-state index is 12.2. The zero-order valence-corrected chi connectivity index (χ0v) is 12.8. The average Bonchev–Trinajstić information content (AvgIpc) is 2.62. The van der Waals surface area contributed by atoms with Crippen molar-refractivity contribution in [1.82, 2.24) is 14.9 Å². The third kappa shape index (κ3) is 3.37. The summed E-state index contributed by atoms with van der Waals surface area (Å²) in [4.78, 5) is 32.2. The Hall–Kier alpha value is -3.29. The second-order valence-electron chi connectivity index (χ2n) is 5.21. The number of benzene rings is 1. The van der Waals surface area contributed by atoms with Crippen LogP contribution in [0.3, 0.4) is 0 Å². The third-order valence-corrected chi connectivity index (χ3v) is 3.68. The van der Waals surface area contributed by atoms with E-state index in [0.29, 0.717) is 19.5 Å². The minimum atomic E-state index is -0.544. The monoisotopic (exact) mass is 325 g/mol. The maximum Gasteiger partial charge on any atom is 0.389 e. The Balaban J connectivity index is 1.70. The molecule has 1 aromatic carbocycles. The van der Waals surface area contributed by atoms with Gasteiger partial charge >= 0.3 is 11.8 Å². The SMILES string of the molecule is O=C(Nc1ccccc1)N1CC=C(c2nccnc2[N+](=O)[O-])CC1. The van der Waals surface area contributed by atoms with Crippen molar-refractivity contribution in [3.63, 3.8) is 0 Å². The zero-order valence-electron chi connectivity index (χ0n) is 12.8. The first-order chi connectivity index (χ1) is 11.6. The van der Waals surface area contributed by atoms with Gasteiger partial charge in [-0.15, -0.1) is 0 Å². The summed E-state index contributed by atoms with van der Waals surface area (Å²) in [5.41, 5.74) is 1.73. The number of anilines is 1. The predicted octanol–water partition coefficient (Wildman–Crippen LogP) is 2.71. The standard InChI is InChI=1S/C16H15N5O3/c22-16(19-13-4-2-1-3-5-13)20-10-6-12(7-11-20)14-15(21(23)24)18-9-8-17-14/h1-6,8-9H,7,10-11H2,(H,19,22). The highest BCUT2D eigenvalue weighted by atomic mass is 16.6. The number of nitrogens with zero attached hydrogens (tertiary/aromatic N) is 4. The van der Waals surface area contributed by atoms with Crippen LogP contribution in [0, 0.1) is 10.1 Å². The van der Waals surface area contributed by atoms with Crippen LogP contribution < -0.4 is 5.32 Å². The number of aromatic nitrogens is 2. The Bertz CT molecular complexity index is 791. The van der Waals surface area contributed by atoms with E-state index in [-0.39, 0.29) is 17.5 Å². The number of carbonyl (C=O) groups excluding carboxylic acids is 1. The predicted molar refractivity (Wildman–Crippen MR) is 88.3 cm³/mol. The number of amides is 2. The molecule has 3 rings (SSSR count). The summed E-state index contributed by atoms with van der Waals surface area (Å²) in [6.45, 7) is 0.819. The summed E-state index contributed by atoms with van der Waals surface area (Å²) in [6, 6.07) is 8.98. The molecule has 2 heterocycles. The Morgan fingerprint density at radius 2 is 1.96 bits per heavy atom. The Morgan fingerprint density at radius 1 is 1.21 bits per heavy atom. The molecule has 24 heavy (non-hydrogen) atoms. The molecule has 1 aliphatic rings. The van der Waals surface area contributed by atoms with Crippen LogP contribution in [-0.4, -0.2) is 38.9 Å². The molecule has 0 atom stereocenters. The van der Waals surface area contributed by atoms with E-state index in [1.807, 2.05) is 30.3 Å². The molecule has 2 amide bonds.